The van der Waals surface area contributed by atoms with Crippen LogP contribution in [0.25, 0.3) is 0 Å². The van der Waals surface area contributed by atoms with Crippen molar-refractivity contribution in [1.82, 2.24) is 9.55 Å². The first-order valence-corrected chi connectivity index (χ1v) is 8.10. The lowest BCUT2D eigenvalue weighted by Crippen LogP contribution is -2.10. The molecule has 0 amide bonds. The van der Waals surface area contributed by atoms with Gasteiger partial charge in [-0.05, 0) is 18.1 Å². The zero-order valence-electron chi connectivity index (χ0n) is 11.8. The summed E-state index contributed by atoms with van der Waals surface area (Å²) in [6.07, 6.45) is 2.64. The van der Waals surface area contributed by atoms with Gasteiger partial charge >= 0.3 is 5.97 Å². The number of halogens is 1. The van der Waals surface area contributed by atoms with Crippen molar-refractivity contribution in [2.75, 3.05) is 5.75 Å². The van der Waals surface area contributed by atoms with E-state index >= 15 is 0 Å². The van der Waals surface area contributed by atoms with Crippen LogP contribution in [0.5, 0.6) is 0 Å². The fourth-order valence-electron chi connectivity index (χ4n) is 1.96. The summed E-state index contributed by atoms with van der Waals surface area (Å²) in [7, 11) is 0. The average Bonchev–Trinajstić information content (AvgIpc) is 2.81. The van der Waals surface area contributed by atoms with Crippen LogP contribution in [0, 0.1) is 0 Å². The minimum absolute atomic E-state index is 0.0376. The van der Waals surface area contributed by atoms with E-state index in [0.29, 0.717) is 17.3 Å². The van der Waals surface area contributed by atoms with Crippen LogP contribution in [0.2, 0.25) is 5.02 Å². The van der Waals surface area contributed by atoms with E-state index in [1.807, 2.05) is 28.8 Å². The van der Waals surface area contributed by atoms with Crippen LogP contribution in [0.4, 0.5) is 0 Å². The van der Waals surface area contributed by atoms with Gasteiger partial charge in [0.2, 0.25) is 0 Å². The third-order valence-corrected chi connectivity index (χ3v) is 4.52. The number of thioether (sulfide) groups is 1. The molecule has 112 valence electrons. The Morgan fingerprint density at radius 2 is 2.19 bits per heavy atom. The molecule has 0 aliphatic heterocycles. The van der Waals surface area contributed by atoms with Crippen LogP contribution in [0.15, 0.2) is 35.6 Å². The number of aliphatic carboxylic acids is 1. The van der Waals surface area contributed by atoms with Gasteiger partial charge in [0.15, 0.2) is 5.16 Å². The molecule has 0 bridgehead atoms. The molecule has 0 unspecified atom stereocenters. The van der Waals surface area contributed by atoms with Crippen LogP contribution in [-0.2, 0) is 17.8 Å². The van der Waals surface area contributed by atoms with E-state index < -0.39 is 5.97 Å². The second-order valence-electron chi connectivity index (χ2n) is 4.63. The normalized spacial score (nSPS) is 10.8. The molecule has 2 rings (SSSR count). The maximum absolute atomic E-state index is 11.0. The number of hydrogen-bond acceptors (Lipinski definition) is 3. The fraction of sp³-hybridized carbons (Fsp3) is 0.333. The number of carbonyl (C=O) groups is 1. The van der Waals surface area contributed by atoms with Crippen molar-refractivity contribution >= 4 is 29.3 Å². The minimum atomic E-state index is -0.859. The summed E-state index contributed by atoms with van der Waals surface area (Å²) in [5, 5.41) is 10.5. The monoisotopic (exact) mass is 324 g/mol. The SMILES string of the molecule is CCCSc1ncc(CC(=O)O)n1Cc1ccccc1Cl. The maximum atomic E-state index is 11.0. The lowest BCUT2D eigenvalue weighted by atomic mass is 10.2. The molecule has 1 aromatic carbocycles. The molecule has 0 spiro atoms. The van der Waals surface area contributed by atoms with Gasteiger partial charge in [-0.2, -0.15) is 0 Å². The van der Waals surface area contributed by atoms with E-state index in [2.05, 4.69) is 11.9 Å². The van der Waals surface area contributed by atoms with Crippen molar-refractivity contribution in [3.05, 3.63) is 46.7 Å². The maximum Gasteiger partial charge on any atom is 0.309 e. The number of imidazole rings is 1. The molecule has 6 heteroatoms. The van der Waals surface area contributed by atoms with E-state index in [0.717, 1.165) is 22.9 Å². The highest BCUT2D eigenvalue weighted by atomic mass is 35.5. The molecule has 0 saturated heterocycles. The van der Waals surface area contributed by atoms with Gasteiger partial charge in [-0.15, -0.1) is 0 Å². The third kappa shape index (κ3) is 4.25. The van der Waals surface area contributed by atoms with Crippen molar-refractivity contribution in [1.29, 1.82) is 0 Å². The van der Waals surface area contributed by atoms with Gasteiger partial charge in [-0.3, -0.25) is 4.79 Å². The number of nitrogens with zero attached hydrogens (tertiary/aromatic N) is 2. The predicted molar refractivity (Wildman–Crippen MR) is 85.1 cm³/mol. The number of rotatable bonds is 7. The Bertz CT molecular complexity index is 628. The third-order valence-electron chi connectivity index (χ3n) is 2.96. The summed E-state index contributed by atoms with van der Waals surface area (Å²) in [6.45, 7) is 2.64. The molecule has 0 radical (unpaired) electrons. The lowest BCUT2D eigenvalue weighted by Gasteiger charge is -2.12. The van der Waals surface area contributed by atoms with Gasteiger partial charge in [-0.25, -0.2) is 4.98 Å². The second kappa shape index (κ2) is 7.52. The van der Waals surface area contributed by atoms with Crippen molar-refractivity contribution in [3.63, 3.8) is 0 Å². The summed E-state index contributed by atoms with van der Waals surface area (Å²) < 4.78 is 1.94. The minimum Gasteiger partial charge on any atom is -0.481 e. The van der Waals surface area contributed by atoms with Crippen LogP contribution < -0.4 is 0 Å². The molecular formula is C15H17ClN2O2S. The van der Waals surface area contributed by atoms with Gasteiger partial charge in [-0.1, -0.05) is 48.5 Å². The molecule has 4 nitrogen and oxygen atoms in total. The van der Waals surface area contributed by atoms with Gasteiger partial charge in [0.05, 0.1) is 13.0 Å². The van der Waals surface area contributed by atoms with Crippen LogP contribution >= 0.6 is 23.4 Å². The Morgan fingerprint density at radius 3 is 2.86 bits per heavy atom. The molecule has 0 saturated carbocycles. The predicted octanol–water partition coefficient (Wildman–Crippen LogP) is 3.71. The van der Waals surface area contributed by atoms with Crippen LogP contribution in [0.1, 0.15) is 24.6 Å². The van der Waals surface area contributed by atoms with E-state index in [1.54, 1.807) is 18.0 Å². The number of carboxylic acids is 1. The second-order valence-corrected chi connectivity index (χ2v) is 6.10. The number of benzene rings is 1. The quantitative estimate of drug-likeness (QED) is 0.789. The highest BCUT2D eigenvalue weighted by Crippen LogP contribution is 2.23. The molecule has 1 N–H and O–H groups in total. The van der Waals surface area contributed by atoms with E-state index in [9.17, 15) is 4.79 Å². The summed E-state index contributed by atoms with van der Waals surface area (Å²) in [6, 6.07) is 7.59. The molecular weight excluding hydrogens is 308 g/mol. The van der Waals surface area contributed by atoms with E-state index in [1.165, 1.54) is 0 Å². The van der Waals surface area contributed by atoms with Crippen molar-refractivity contribution < 1.29 is 9.90 Å². The van der Waals surface area contributed by atoms with Crippen molar-refractivity contribution in [2.24, 2.45) is 0 Å². The van der Waals surface area contributed by atoms with Gasteiger partial charge in [0.1, 0.15) is 0 Å². The summed E-state index contributed by atoms with van der Waals surface area (Å²) in [5.41, 5.74) is 1.66. The first-order valence-electron chi connectivity index (χ1n) is 6.74. The number of aromatic nitrogens is 2. The Labute approximate surface area is 133 Å². The number of hydrogen-bond donors (Lipinski definition) is 1. The highest BCUT2D eigenvalue weighted by Gasteiger charge is 2.14. The zero-order chi connectivity index (χ0) is 15.2. The molecule has 21 heavy (non-hydrogen) atoms. The zero-order valence-corrected chi connectivity index (χ0v) is 13.3. The highest BCUT2D eigenvalue weighted by molar-refractivity contribution is 7.99. The Kier molecular flexibility index (Phi) is 5.70. The molecule has 0 fully saturated rings. The van der Waals surface area contributed by atoms with E-state index in [4.69, 9.17) is 16.7 Å². The number of carboxylic acid groups (broad SMARTS) is 1. The van der Waals surface area contributed by atoms with Gasteiger partial charge in [0.25, 0.3) is 0 Å². The van der Waals surface area contributed by atoms with Crippen molar-refractivity contribution in [3.8, 4) is 0 Å². The fourth-order valence-corrected chi connectivity index (χ4v) is 3.01. The lowest BCUT2D eigenvalue weighted by molar-refractivity contribution is -0.136. The molecule has 1 aromatic heterocycles. The van der Waals surface area contributed by atoms with E-state index in [-0.39, 0.29) is 6.42 Å². The molecule has 0 aliphatic carbocycles. The summed E-state index contributed by atoms with van der Waals surface area (Å²) >= 11 is 7.83. The first-order chi connectivity index (χ1) is 10.1. The Morgan fingerprint density at radius 1 is 1.43 bits per heavy atom. The Hall–Kier alpha value is -1.46. The van der Waals surface area contributed by atoms with Crippen molar-refractivity contribution in [2.45, 2.75) is 31.5 Å². The van der Waals surface area contributed by atoms with Gasteiger partial charge in [0, 0.05) is 22.7 Å². The van der Waals surface area contributed by atoms with Crippen LogP contribution in [0.3, 0.4) is 0 Å². The van der Waals surface area contributed by atoms with Gasteiger partial charge < -0.3 is 9.67 Å². The molecule has 0 atom stereocenters. The smallest absolute Gasteiger partial charge is 0.309 e. The molecule has 1 heterocycles. The molecule has 2 aromatic rings. The summed E-state index contributed by atoms with van der Waals surface area (Å²) in [5.74, 6) is 0.0915. The standard InChI is InChI=1S/C15H17ClN2O2S/c1-2-7-21-15-17-9-12(8-14(19)20)18(15)10-11-5-3-4-6-13(11)16/h3-6,9H,2,7-8,10H2,1H3,(H,19,20). The average molecular weight is 325 g/mol. The molecule has 0 aliphatic rings. The summed E-state index contributed by atoms with van der Waals surface area (Å²) in [4.78, 5) is 15.3. The topological polar surface area (TPSA) is 55.1 Å². The first kappa shape index (κ1) is 15.9. The Balaban J connectivity index is 2.31. The van der Waals surface area contributed by atoms with Crippen LogP contribution in [-0.4, -0.2) is 26.4 Å². The largest absolute Gasteiger partial charge is 0.481 e.